The van der Waals surface area contributed by atoms with Gasteiger partial charge in [-0.25, -0.2) is 4.39 Å². The SMILES string of the molecule is COc1ccccc1C1=C(Nc2cc(C)ccc2C)C(=O)N(Cc2ccc(F)cc2)C1=O. The molecule has 5 nitrogen and oxygen atoms in total. The van der Waals surface area contributed by atoms with Crippen LogP contribution in [0.25, 0.3) is 5.57 Å². The zero-order valence-corrected chi connectivity index (χ0v) is 18.1. The molecular weight excluding hydrogens is 407 g/mol. The fourth-order valence-corrected chi connectivity index (χ4v) is 3.71. The molecule has 1 aliphatic heterocycles. The molecule has 1 aliphatic rings. The fraction of sp³-hybridized carbons (Fsp3) is 0.154. The van der Waals surface area contributed by atoms with E-state index in [2.05, 4.69) is 5.32 Å². The monoisotopic (exact) mass is 430 g/mol. The number of imide groups is 1. The number of benzene rings is 3. The first-order valence-electron chi connectivity index (χ1n) is 10.2. The van der Waals surface area contributed by atoms with E-state index in [9.17, 15) is 14.0 Å². The van der Waals surface area contributed by atoms with E-state index in [1.54, 1.807) is 36.4 Å². The summed E-state index contributed by atoms with van der Waals surface area (Å²) in [5, 5.41) is 3.21. The Morgan fingerprint density at radius 1 is 0.938 bits per heavy atom. The smallest absolute Gasteiger partial charge is 0.278 e. The van der Waals surface area contributed by atoms with E-state index in [-0.39, 0.29) is 23.6 Å². The third kappa shape index (κ3) is 3.99. The van der Waals surface area contributed by atoms with Crippen molar-refractivity contribution < 1.29 is 18.7 Å². The molecule has 0 fully saturated rings. The van der Waals surface area contributed by atoms with Crippen molar-refractivity contribution in [3.05, 3.63) is 100 Å². The van der Waals surface area contributed by atoms with Crippen LogP contribution in [-0.2, 0) is 16.1 Å². The molecule has 0 spiro atoms. The maximum atomic E-state index is 13.5. The number of nitrogens with one attached hydrogen (secondary N) is 1. The van der Waals surface area contributed by atoms with Crippen molar-refractivity contribution in [2.75, 3.05) is 12.4 Å². The predicted octanol–water partition coefficient (Wildman–Crippen LogP) is 4.84. The Balaban J connectivity index is 1.80. The Kier molecular flexibility index (Phi) is 5.77. The molecule has 0 saturated heterocycles. The molecule has 1 heterocycles. The molecule has 32 heavy (non-hydrogen) atoms. The van der Waals surface area contributed by atoms with Crippen LogP contribution >= 0.6 is 0 Å². The number of methoxy groups -OCH3 is 1. The number of nitrogens with zero attached hydrogens (tertiary/aromatic N) is 1. The van der Waals surface area contributed by atoms with E-state index in [4.69, 9.17) is 4.74 Å². The third-order valence-electron chi connectivity index (χ3n) is 5.45. The van der Waals surface area contributed by atoms with Gasteiger partial charge in [0, 0.05) is 11.3 Å². The molecule has 3 aromatic carbocycles. The van der Waals surface area contributed by atoms with Crippen LogP contribution in [0.5, 0.6) is 5.75 Å². The zero-order valence-electron chi connectivity index (χ0n) is 18.1. The largest absolute Gasteiger partial charge is 0.496 e. The second-order valence-corrected chi connectivity index (χ2v) is 7.72. The maximum Gasteiger partial charge on any atom is 0.278 e. The number of carbonyl (C=O) groups excluding carboxylic acids is 2. The number of aryl methyl sites for hydroxylation is 2. The second kappa shape index (κ2) is 8.67. The normalized spacial score (nSPS) is 13.7. The molecule has 0 unspecified atom stereocenters. The van der Waals surface area contributed by atoms with Crippen molar-refractivity contribution in [2.24, 2.45) is 0 Å². The first-order chi connectivity index (χ1) is 15.4. The Labute approximate surface area is 186 Å². The molecule has 2 amide bonds. The van der Waals surface area contributed by atoms with Gasteiger partial charge in [0.15, 0.2) is 0 Å². The maximum absolute atomic E-state index is 13.5. The lowest BCUT2D eigenvalue weighted by Crippen LogP contribution is -2.32. The lowest BCUT2D eigenvalue weighted by atomic mass is 10.0. The van der Waals surface area contributed by atoms with Gasteiger partial charge < -0.3 is 10.1 Å². The van der Waals surface area contributed by atoms with Crippen molar-refractivity contribution in [3.63, 3.8) is 0 Å². The summed E-state index contributed by atoms with van der Waals surface area (Å²) in [6, 6.07) is 18.7. The minimum Gasteiger partial charge on any atom is -0.496 e. The number of hydrogen-bond donors (Lipinski definition) is 1. The van der Waals surface area contributed by atoms with Crippen LogP contribution in [0.15, 0.2) is 72.4 Å². The summed E-state index contributed by atoms with van der Waals surface area (Å²) in [5.74, 6) is -0.761. The van der Waals surface area contributed by atoms with Gasteiger partial charge in [0.25, 0.3) is 11.8 Å². The number of rotatable bonds is 6. The number of hydrogen-bond acceptors (Lipinski definition) is 4. The van der Waals surface area contributed by atoms with E-state index < -0.39 is 11.8 Å². The van der Waals surface area contributed by atoms with Crippen LogP contribution in [0.4, 0.5) is 10.1 Å². The summed E-state index contributed by atoms with van der Waals surface area (Å²) in [6.07, 6.45) is 0. The molecule has 0 atom stereocenters. The summed E-state index contributed by atoms with van der Waals surface area (Å²) in [4.78, 5) is 28.1. The number of para-hydroxylation sites is 1. The van der Waals surface area contributed by atoms with Crippen molar-refractivity contribution >= 4 is 23.1 Å². The van der Waals surface area contributed by atoms with E-state index in [1.807, 2.05) is 32.0 Å². The zero-order chi connectivity index (χ0) is 22.8. The Hall–Kier alpha value is -3.93. The molecule has 0 saturated carbocycles. The van der Waals surface area contributed by atoms with Gasteiger partial charge in [0.2, 0.25) is 0 Å². The van der Waals surface area contributed by atoms with Crippen molar-refractivity contribution in [2.45, 2.75) is 20.4 Å². The van der Waals surface area contributed by atoms with Crippen LogP contribution in [0.1, 0.15) is 22.3 Å². The molecule has 3 aromatic rings. The van der Waals surface area contributed by atoms with Gasteiger partial charge in [-0.2, -0.15) is 0 Å². The lowest BCUT2D eigenvalue weighted by Gasteiger charge is -2.16. The summed E-state index contributed by atoms with van der Waals surface area (Å²) in [6.45, 7) is 3.93. The summed E-state index contributed by atoms with van der Waals surface area (Å²) < 4.78 is 18.8. The molecule has 0 bridgehead atoms. The Morgan fingerprint density at radius 2 is 1.66 bits per heavy atom. The van der Waals surface area contributed by atoms with Crippen molar-refractivity contribution in [1.29, 1.82) is 0 Å². The Bertz CT molecular complexity index is 1230. The minimum atomic E-state index is -0.443. The molecule has 0 radical (unpaired) electrons. The van der Waals surface area contributed by atoms with Gasteiger partial charge in [-0.15, -0.1) is 0 Å². The van der Waals surface area contributed by atoms with Crippen LogP contribution < -0.4 is 10.1 Å². The third-order valence-corrected chi connectivity index (χ3v) is 5.45. The standard InChI is InChI=1S/C26H23FN2O3/c1-16-8-9-17(2)21(14-16)28-24-23(20-6-4-5-7-22(20)32-3)25(30)29(26(24)31)15-18-10-12-19(27)13-11-18/h4-14,28H,15H2,1-3H3. The highest BCUT2D eigenvalue weighted by Gasteiger charge is 2.40. The van der Waals surface area contributed by atoms with Gasteiger partial charge in [0.1, 0.15) is 17.3 Å². The van der Waals surface area contributed by atoms with Gasteiger partial charge in [-0.05, 0) is 54.8 Å². The highest BCUT2D eigenvalue weighted by molar-refractivity contribution is 6.37. The molecule has 4 rings (SSSR count). The van der Waals surface area contributed by atoms with Crippen LogP contribution in [0.3, 0.4) is 0 Å². The molecule has 6 heteroatoms. The van der Waals surface area contributed by atoms with E-state index in [0.29, 0.717) is 16.9 Å². The van der Waals surface area contributed by atoms with Gasteiger partial charge in [-0.3, -0.25) is 14.5 Å². The Morgan fingerprint density at radius 3 is 2.38 bits per heavy atom. The lowest BCUT2D eigenvalue weighted by molar-refractivity contribution is -0.137. The number of anilines is 1. The van der Waals surface area contributed by atoms with E-state index >= 15 is 0 Å². The van der Waals surface area contributed by atoms with Gasteiger partial charge in [-0.1, -0.05) is 42.5 Å². The van der Waals surface area contributed by atoms with Gasteiger partial charge in [0.05, 0.1) is 19.2 Å². The highest BCUT2D eigenvalue weighted by atomic mass is 19.1. The molecular formula is C26H23FN2O3. The average molecular weight is 430 g/mol. The predicted molar refractivity (Wildman–Crippen MR) is 121 cm³/mol. The van der Waals surface area contributed by atoms with Crippen LogP contribution in [-0.4, -0.2) is 23.8 Å². The van der Waals surface area contributed by atoms with E-state index in [1.165, 1.54) is 24.1 Å². The quantitative estimate of drug-likeness (QED) is 0.569. The van der Waals surface area contributed by atoms with Crippen molar-refractivity contribution in [1.82, 2.24) is 4.90 Å². The van der Waals surface area contributed by atoms with Gasteiger partial charge >= 0.3 is 0 Å². The number of carbonyl (C=O) groups is 2. The summed E-state index contributed by atoms with van der Waals surface area (Å²) >= 11 is 0. The first-order valence-corrected chi connectivity index (χ1v) is 10.2. The highest BCUT2D eigenvalue weighted by Crippen LogP contribution is 2.36. The van der Waals surface area contributed by atoms with Crippen molar-refractivity contribution in [3.8, 4) is 5.75 Å². The molecule has 0 aromatic heterocycles. The van der Waals surface area contributed by atoms with Crippen LogP contribution in [0.2, 0.25) is 0 Å². The topological polar surface area (TPSA) is 58.6 Å². The van der Waals surface area contributed by atoms with E-state index in [0.717, 1.165) is 16.8 Å². The summed E-state index contributed by atoms with van der Waals surface area (Å²) in [7, 11) is 1.52. The number of amides is 2. The van der Waals surface area contributed by atoms with Crippen LogP contribution in [0, 0.1) is 19.7 Å². The molecule has 162 valence electrons. The number of halogens is 1. The first kappa shape index (κ1) is 21.3. The second-order valence-electron chi connectivity index (χ2n) is 7.72. The summed E-state index contributed by atoms with van der Waals surface area (Å²) in [5.41, 5.74) is 4.34. The average Bonchev–Trinajstić information content (AvgIpc) is 3.01. The molecule has 1 N–H and O–H groups in total. The number of ether oxygens (including phenoxy) is 1. The minimum absolute atomic E-state index is 0.0363. The fourth-order valence-electron chi connectivity index (χ4n) is 3.71. The molecule has 0 aliphatic carbocycles.